The number of hydrogen-bond donors (Lipinski definition) is 2. The van der Waals surface area contributed by atoms with E-state index < -0.39 is 0 Å². The number of nitrogens with two attached hydrogens (primary N) is 2. The molecule has 18 heavy (non-hydrogen) atoms. The summed E-state index contributed by atoms with van der Waals surface area (Å²) in [4.78, 5) is 3.85. The Morgan fingerprint density at radius 1 is 1.06 bits per heavy atom. The summed E-state index contributed by atoms with van der Waals surface area (Å²) in [5.41, 5.74) is 11.6. The number of aliphatic imine (C=N–C) groups is 1. The van der Waals surface area contributed by atoms with Crippen molar-refractivity contribution in [3.63, 3.8) is 0 Å². The second-order valence-electron chi connectivity index (χ2n) is 4.04. The maximum absolute atomic E-state index is 5.50. The molecule has 4 N–H and O–H groups in total. The molecule has 0 spiro atoms. The summed E-state index contributed by atoms with van der Waals surface area (Å²) in [6.45, 7) is 1.59. The van der Waals surface area contributed by atoms with Gasteiger partial charge in [0.1, 0.15) is 0 Å². The molecule has 0 atom stereocenters. The van der Waals surface area contributed by atoms with Crippen molar-refractivity contribution >= 4 is 16.7 Å². The predicted octanol–water partition coefficient (Wildman–Crippen LogP) is 1.63. The largest absolute Gasteiger partial charge is 0.375 e. The Bertz CT molecular complexity index is 547. The molecule has 94 valence electrons. The summed E-state index contributed by atoms with van der Waals surface area (Å²) >= 11 is 0. The van der Waals surface area contributed by atoms with Crippen LogP contribution in [0.15, 0.2) is 47.5 Å². The van der Waals surface area contributed by atoms with Crippen LogP contribution >= 0.6 is 0 Å². The minimum absolute atomic E-state index is 0.101. The lowest BCUT2D eigenvalue weighted by molar-refractivity contribution is 0.128. The van der Waals surface area contributed by atoms with Crippen LogP contribution in [0, 0.1) is 0 Å². The van der Waals surface area contributed by atoms with E-state index in [4.69, 9.17) is 16.2 Å². The van der Waals surface area contributed by atoms with Gasteiger partial charge in [-0.1, -0.05) is 36.4 Å². The first-order chi connectivity index (χ1) is 8.75. The predicted molar refractivity (Wildman–Crippen MR) is 74.3 cm³/mol. The van der Waals surface area contributed by atoms with Gasteiger partial charge in [-0.3, -0.25) is 4.99 Å². The maximum atomic E-state index is 5.50. The molecular weight excluding hydrogens is 226 g/mol. The lowest BCUT2D eigenvalue weighted by atomic mass is 10.1. The Balaban J connectivity index is 1.90. The third kappa shape index (κ3) is 3.46. The quantitative estimate of drug-likeness (QED) is 0.476. The highest BCUT2D eigenvalue weighted by atomic mass is 16.5. The van der Waals surface area contributed by atoms with E-state index in [2.05, 4.69) is 35.3 Å². The zero-order valence-corrected chi connectivity index (χ0v) is 10.2. The molecule has 4 heteroatoms. The minimum atomic E-state index is 0.101. The van der Waals surface area contributed by atoms with Gasteiger partial charge < -0.3 is 16.2 Å². The van der Waals surface area contributed by atoms with Gasteiger partial charge in [-0.15, -0.1) is 0 Å². The molecule has 2 aromatic rings. The van der Waals surface area contributed by atoms with Crippen LogP contribution in [0.5, 0.6) is 0 Å². The van der Waals surface area contributed by atoms with Gasteiger partial charge in [0.25, 0.3) is 0 Å². The van der Waals surface area contributed by atoms with Crippen LogP contribution in [0.2, 0.25) is 0 Å². The Morgan fingerprint density at radius 2 is 1.83 bits per heavy atom. The summed E-state index contributed by atoms with van der Waals surface area (Å²) in [5.74, 6) is 0.101. The van der Waals surface area contributed by atoms with Gasteiger partial charge in [0.15, 0.2) is 5.96 Å². The molecule has 0 amide bonds. The average Bonchev–Trinajstić information content (AvgIpc) is 2.38. The number of fused-ring (bicyclic) bond motifs is 1. The fourth-order valence-electron chi connectivity index (χ4n) is 1.76. The lowest BCUT2D eigenvalue weighted by Crippen LogP contribution is -2.23. The first-order valence-corrected chi connectivity index (χ1v) is 5.86. The SMILES string of the molecule is NC(N)=NCCOCc1ccc2ccccc2c1. The fourth-order valence-corrected chi connectivity index (χ4v) is 1.76. The highest BCUT2D eigenvalue weighted by Gasteiger charge is 1.96. The van der Waals surface area contributed by atoms with Crippen molar-refractivity contribution in [1.82, 2.24) is 0 Å². The molecule has 2 rings (SSSR count). The first-order valence-electron chi connectivity index (χ1n) is 5.86. The van der Waals surface area contributed by atoms with E-state index in [9.17, 15) is 0 Å². The molecule has 0 fully saturated rings. The second-order valence-corrected chi connectivity index (χ2v) is 4.04. The van der Waals surface area contributed by atoms with E-state index in [1.165, 1.54) is 10.8 Å². The topological polar surface area (TPSA) is 73.6 Å². The number of guanidine groups is 1. The van der Waals surface area contributed by atoms with Crippen LogP contribution in [0.4, 0.5) is 0 Å². The third-order valence-electron chi connectivity index (χ3n) is 2.61. The summed E-state index contributed by atoms with van der Waals surface area (Å²) < 4.78 is 5.50. The van der Waals surface area contributed by atoms with Crippen LogP contribution < -0.4 is 11.5 Å². The molecule has 0 radical (unpaired) electrons. The molecule has 0 unspecified atom stereocenters. The zero-order chi connectivity index (χ0) is 12.8. The number of rotatable bonds is 5. The molecule has 0 saturated carbocycles. The third-order valence-corrected chi connectivity index (χ3v) is 2.61. The van der Waals surface area contributed by atoms with Crippen LogP contribution in [-0.2, 0) is 11.3 Å². The minimum Gasteiger partial charge on any atom is -0.375 e. The number of nitrogens with zero attached hydrogens (tertiary/aromatic N) is 1. The summed E-state index contributed by atoms with van der Waals surface area (Å²) in [6, 6.07) is 14.6. The van der Waals surface area contributed by atoms with Crippen LogP contribution in [0.1, 0.15) is 5.56 Å². The van der Waals surface area contributed by atoms with Crippen molar-refractivity contribution in [2.45, 2.75) is 6.61 Å². The molecule has 0 saturated heterocycles. The Morgan fingerprint density at radius 3 is 2.61 bits per heavy atom. The summed E-state index contributed by atoms with van der Waals surface area (Å²) in [7, 11) is 0. The van der Waals surface area contributed by atoms with Crippen molar-refractivity contribution < 1.29 is 4.74 Å². The molecule has 0 aliphatic heterocycles. The van der Waals surface area contributed by atoms with Gasteiger partial charge in [-0.25, -0.2) is 0 Å². The summed E-state index contributed by atoms with van der Waals surface area (Å²) in [5, 5.41) is 2.46. The lowest BCUT2D eigenvalue weighted by Gasteiger charge is -2.04. The zero-order valence-electron chi connectivity index (χ0n) is 10.2. The Labute approximate surface area is 106 Å². The molecule has 0 aliphatic carbocycles. The molecule has 0 aliphatic rings. The van der Waals surface area contributed by atoms with Gasteiger partial charge in [0, 0.05) is 0 Å². The van der Waals surface area contributed by atoms with Gasteiger partial charge in [-0.2, -0.15) is 0 Å². The van der Waals surface area contributed by atoms with E-state index in [-0.39, 0.29) is 5.96 Å². The van der Waals surface area contributed by atoms with Crippen molar-refractivity contribution in [3.05, 3.63) is 48.0 Å². The van der Waals surface area contributed by atoms with Crippen LogP contribution in [0.25, 0.3) is 10.8 Å². The van der Waals surface area contributed by atoms with E-state index in [0.717, 1.165) is 5.56 Å². The number of benzene rings is 2. The van der Waals surface area contributed by atoms with Crippen LogP contribution in [-0.4, -0.2) is 19.1 Å². The summed E-state index contributed by atoms with van der Waals surface area (Å²) in [6.07, 6.45) is 0. The second kappa shape index (κ2) is 6.02. The molecule has 0 heterocycles. The molecular formula is C14H17N3O. The highest BCUT2D eigenvalue weighted by molar-refractivity contribution is 5.82. The van der Waals surface area contributed by atoms with Crippen molar-refractivity contribution in [3.8, 4) is 0 Å². The van der Waals surface area contributed by atoms with E-state index in [0.29, 0.717) is 19.8 Å². The normalized spacial score (nSPS) is 10.4. The van der Waals surface area contributed by atoms with Crippen molar-refractivity contribution in [1.29, 1.82) is 0 Å². The van der Waals surface area contributed by atoms with E-state index >= 15 is 0 Å². The Kier molecular flexibility index (Phi) is 4.15. The van der Waals surface area contributed by atoms with Gasteiger partial charge in [0.05, 0.1) is 19.8 Å². The monoisotopic (exact) mass is 243 g/mol. The van der Waals surface area contributed by atoms with Crippen molar-refractivity contribution in [2.24, 2.45) is 16.5 Å². The molecule has 4 nitrogen and oxygen atoms in total. The maximum Gasteiger partial charge on any atom is 0.185 e. The standard InChI is InChI=1S/C14H17N3O/c15-14(16)17-7-8-18-10-11-5-6-12-3-1-2-4-13(12)9-11/h1-6,9H,7-8,10H2,(H4,15,16,17). The Hall–Kier alpha value is -2.07. The fraction of sp³-hybridized carbons (Fsp3) is 0.214. The highest BCUT2D eigenvalue weighted by Crippen LogP contribution is 2.15. The van der Waals surface area contributed by atoms with Gasteiger partial charge in [-0.05, 0) is 22.4 Å². The smallest absolute Gasteiger partial charge is 0.185 e. The molecule has 0 aromatic heterocycles. The van der Waals surface area contributed by atoms with Gasteiger partial charge >= 0.3 is 0 Å². The average molecular weight is 243 g/mol. The first kappa shape index (κ1) is 12.4. The molecule has 2 aromatic carbocycles. The van der Waals surface area contributed by atoms with Gasteiger partial charge in [0.2, 0.25) is 0 Å². The number of hydrogen-bond acceptors (Lipinski definition) is 2. The van der Waals surface area contributed by atoms with Crippen molar-refractivity contribution in [2.75, 3.05) is 13.2 Å². The molecule has 0 bridgehead atoms. The van der Waals surface area contributed by atoms with Crippen LogP contribution in [0.3, 0.4) is 0 Å². The van der Waals surface area contributed by atoms with E-state index in [1.54, 1.807) is 0 Å². The van der Waals surface area contributed by atoms with E-state index in [1.807, 2.05) is 12.1 Å². The number of ether oxygens (including phenoxy) is 1.